The van der Waals surface area contributed by atoms with Gasteiger partial charge in [-0.15, -0.1) is 0 Å². The van der Waals surface area contributed by atoms with Crippen LogP contribution in [0.1, 0.15) is 49.4 Å². The molecule has 0 spiro atoms. The maximum atomic E-state index is 12.8. The van der Waals surface area contributed by atoms with Crippen LogP contribution >= 0.6 is 11.8 Å². The second kappa shape index (κ2) is 7.64. The number of amides is 1. The summed E-state index contributed by atoms with van der Waals surface area (Å²) in [5.41, 5.74) is 1.26. The zero-order chi connectivity index (χ0) is 15.2. The molecule has 0 atom stereocenters. The van der Waals surface area contributed by atoms with Gasteiger partial charge in [-0.05, 0) is 19.1 Å². The second-order valence-corrected chi connectivity index (χ2v) is 6.66. The van der Waals surface area contributed by atoms with Gasteiger partial charge < -0.3 is 10.2 Å². The van der Waals surface area contributed by atoms with Crippen LogP contribution < -0.4 is 5.32 Å². The molecule has 1 fully saturated rings. The van der Waals surface area contributed by atoms with Gasteiger partial charge in [0.15, 0.2) is 5.69 Å². The lowest BCUT2D eigenvalue weighted by Gasteiger charge is -2.21. The Morgan fingerprint density at radius 2 is 2.24 bits per heavy atom. The standard InChI is InChI=1S/C15H24N4OS/c1-4-16-12-10-17-14(11(2)3)18-13(12)15(20)19-6-5-8-21-9-7-19/h10-11,16H,4-9H2,1-3H3. The number of aromatic nitrogens is 2. The number of anilines is 1. The molecule has 1 aromatic heterocycles. The minimum absolute atomic E-state index is 0.0257. The smallest absolute Gasteiger partial charge is 0.274 e. The summed E-state index contributed by atoms with van der Waals surface area (Å²) in [4.78, 5) is 23.6. The summed E-state index contributed by atoms with van der Waals surface area (Å²) in [7, 11) is 0. The van der Waals surface area contributed by atoms with Gasteiger partial charge >= 0.3 is 0 Å². The van der Waals surface area contributed by atoms with Crippen LogP contribution in [0, 0.1) is 0 Å². The van der Waals surface area contributed by atoms with Crippen LogP contribution in [0.15, 0.2) is 6.20 Å². The van der Waals surface area contributed by atoms with E-state index in [2.05, 4.69) is 15.3 Å². The summed E-state index contributed by atoms with van der Waals surface area (Å²) in [5, 5.41) is 3.20. The van der Waals surface area contributed by atoms with E-state index >= 15 is 0 Å². The van der Waals surface area contributed by atoms with E-state index in [0.29, 0.717) is 5.69 Å². The number of rotatable bonds is 4. The summed E-state index contributed by atoms with van der Waals surface area (Å²) in [5.74, 6) is 3.10. The third kappa shape index (κ3) is 4.09. The highest BCUT2D eigenvalue weighted by atomic mass is 32.2. The Labute approximate surface area is 130 Å². The van der Waals surface area contributed by atoms with Crippen LogP contribution in [-0.4, -0.2) is 51.9 Å². The normalized spacial score (nSPS) is 15.9. The van der Waals surface area contributed by atoms with Crippen molar-refractivity contribution in [2.24, 2.45) is 0 Å². The van der Waals surface area contributed by atoms with Crippen LogP contribution in [0.3, 0.4) is 0 Å². The molecule has 116 valence electrons. The Morgan fingerprint density at radius 3 is 2.95 bits per heavy atom. The summed E-state index contributed by atoms with van der Waals surface area (Å²) < 4.78 is 0. The van der Waals surface area contributed by atoms with Gasteiger partial charge in [0.25, 0.3) is 5.91 Å². The molecule has 1 aliphatic heterocycles. The van der Waals surface area contributed by atoms with E-state index in [9.17, 15) is 4.79 Å². The van der Waals surface area contributed by atoms with Gasteiger partial charge in [-0.3, -0.25) is 4.79 Å². The molecule has 21 heavy (non-hydrogen) atoms. The van der Waals surface area contributed by atoms with Crippen molar-refractivity contribution in [1.29, 1.82) is 0 Å². The topological polar surface area (TPSA) is 58.1 Å². The summed E-state index contributed by atoms with van der Waals surface area (Å²) in [6.07, 6.45) is 2.79. The quantitative estimate of drug-likeness (QED) is 0.926. The van der Waals surface area contributed by atoms with Gasteiger partial charge in [-0.1, -0.05) is 13.8 Å². The molecule has 5 nitrogen and oxygen atoms in total. The van der Waals surface area contributed by atoms with Crippen molar-refractivity contribution in [1.82, 2.24) is 14.9 Å². The zero-order valence-electron chi connectivity index (χ0n) is 13.1. The first-order valence-electron chi connectivity index (χ1n) is 7.61. The lowest BCUT2D eigenvalue weighted by Crippen LogP contribution is -2.34. The van der Waals surface area contributed by atoms with Gasteiger partial charge in [-0.2, -0.15) is 11.8 Å². The Balaban J connectivity index is 2.29. The van der Waals surface area contributed by atoms with Crippen LogP contribution in [-0.2, 0) is 0 Å². The van der Waals surface area contributed by atoms with E-state index < -0.39 is 0 Å². The highest BCUT2D eigenvalue weighted by molar-refractivity contribution is 7.99. The molecule has 1 saturated heterocycles. The van der Waals surface area contributed by atoms with Crippen LogP contribution in [0.2, 0.25) is 0 Å². The van der Waals surface area contributed by atoms with Gasteiger partial charge in [0.05, 0.1) is 11.9 Å². The predicted octanol–water partition coefficient (Wildman–Crippen LogP) is 2.61. The van der Waals surface area contributed by atoms with Crippen molar-refractivity contribution in [3.63, 3.8) is 0 Å². The van der Waals surface area contributed by atoms with Crippen molar-refractivity contribution in [2.45, 2.75) is 33.1 Å². The minimum atomic E-state index is 0.0257. The van der Waals surface area contributed by atoms with Crippen molar-refractivity contribution >= 4 is 23.4 Å². The first kappa shape index (κ1) is 16.1. The van der Waals surface area contributed by atoms with Crippen molar-refractivity contribution in [2.75, 3.05) is 36.5 Å². The number of thioether (sulfide) groups is 1. The Hall–Kier alpha value is -1.30. The number of nitrogens with zero attached hydrogens (tertiary/aromatic N) is 3. The fourth-order valence-electron chi connectivity index (χ4n) is 2.26. The Kier molecular flexibility index (Phi) is 5.85. The molecule has 0 aliphatic carbocycles. The third-order valence-corrected chi connectivity index (χ3v) is 4.45. The maximum Gasteiger partial charge on any atom is 0.274 e. The monoisotopic (exact) mass is 308 g/mol. The summed E-state index contributed by atoms with van der Waals surface area (Å²) in [6.45, 7) is 8.46. The van der Waals surface area contributed by atoms with Crippen molar-refractivity contribution in [3.05, 3.63) is 17.7 Å². The molecular formula is C15H24N4OS. The van der Waals surface area contributed by atoms with E-state index in [4.69, 9.17) is 0 Å². The molecule has 0 aromatic carbocycles. The van der Waals surface area contributed by atoms with Crippen molar-refractivity contribution < 1.29 is 4.79 Å². The number of carbonyl (C=O) groups excluding carboxylic acids is 1. The lowest BCUT2D eigenvalue weighted by atomic mass is 10.2. The first-order valence-corrected chi connectivity index (χ1v) is 8.76. The minimum Gasteiger partial charge on any atom is -0.382 e. The summed E-state index contributed by atoms with van der Waals surface area (Å²) >= 11 is 1.91. The average Bonchev–Trinajstić information content (AvgIpc) is 2.76. The van der Waals surface area contributed by atoms with Gasteiger partial charge in [0.2, 0.25) is 0 Å². The van der Waals surface area contributed by atoms with E-state index in [1.807, 2.05) is 37.4 Å². The predicted molar refractivity (Wildman–Crippen MR) is 88.1 cm³/mol. The molecule has 0 radical (unpaired) electrons. The van der Waals surface area contributed by atoms with E-state index in [1.54, 1.807) is 6.20 Å². The molecule has 1 amide bonds. The van der Waals surface area contributed by atoms with Crippen LogP contribution in [0.5, 0.6) is 0 Å². The third-order valence-electron chi connectivity index (χ3n) is 3.40. The fraction of sp³-hybridized carbons (Fsp3) is 0.667. The molecule has 0 unspecified atom stereocenters. The molecule has 1 N–H and O–H groups in total. The Morgan fingerprint density at radius 1 is 1.43 bits per heavy atom. The van der Waals surface area contributed by atoms with E-state index in [1.165, 1.54) is 0 Å². The SMILES string of the molecule is CCNc1cnc(C(C)C)nc1C(=O)N1CCCSCC1. The van der Waals surface area contributed by atoms with Crippen LogP contribution in [0.25, 0.3) is 0 Å². The van der Waals surface area contributed by atoms with E-state index in [-0.39, 0.29) is 11.8 Å². The van der Waals surface area contributed by atoms with Crippen molar-refractivity contribution in [3.8, 4) is 0 Å². The molecule has 0 saturated carbocycles. The largest absolute Gasteiger partial charge is 0.382 e. The number of carbonyl (C=O) groups is 1. The average molecular weight is 308 g/mol. The fourth-order valence-corrected chi connectivity index (χ4v) is 3.14. The molecule has 0 bridgehead atoms. The highest BCUT2D eigenvalue weighted by Crippen LogP contribution is 2.20. The highest BCUT2D eigenvalue weighted by Gasteiger charge is 2.23. The van der Waals surface area contributed by atoms with Gasteiger partial charge in [0.1, 0.15) is 5.82 Å². The second-order valence-electron chi connectivity index (χ2n) is 5.43. The molecule has 1 aromatic rings. The molecule has 2 rings (SSSR count). The zero-order valence-corrected chi connectivity index (χ0v) is 13.9. The number of nitrogens with one attached hydrogen (secondary N) is 1. The first-order chi connectivity index (χ1) is 10.1. The molecule has 2 heterocycles. The molecule has 1 aliphatic rings. The lowest BCUT2D eigenvalue weighted by molar-refractivity contribution is 0.0763. The Bertz CT molecular complexity index is 485. The maximum absolute atomic E-state index is 12.8. The molecular weight excluding hydrogens is 284 g/mol. The molecule has 6 heteroatoms. The van der Waals surface area contributed by atoms with Gasteiger partial charge in [-0.25, -0.2) is 9.97 Å². The van der Waals surface area contributed by atoms with E-state index in [0.717, 1.165) is 49.1 Å². The van der Waals surface area contributed by atoms with Crippen LogP contribution in [0.4, 0.5) is 5.69 Å². The van der Waals surface area contributed by atoms with Gasteiger partial charge in [0, 0.05) is 31.3 Å². The number of hydrogen-bond donors (Lipinski definition) is 1. The summed E-state index contributed by atoms with van der Waals surface area (Å²) in [6, 6.07) is 0. The number of hydrogen-bond acceptors (Lipinski definition) is 5.